The molecule has 0 radical (unpaired) electrons. The molecular weight excluding hydrogens is 124 g/mol. The molecular formula is C8H10N2. The van der Waals surface area contributed by atoms with Gasteiger partial charge in [0.15, 0.2) is 0 Å². The van der Waals surface area contributed by atoms with Crippen LogP contribution in [0.2, 0.25) is 0 Å². The van der Waals surface area contributed by atoms with Crippen LogP contribution < -0.4 is 5.73 Å². The summed E-state index contributed by atoms with van der Waals surface area (Å²) >= 11 is 0. The molecule has 52 valence electrons. The summed E-state index contributed by atoms with van der Waals surface area (Å²) in [6, 6.07) is 3.99. The van der Waals surface area contributed by atoms with Gasteiger partial charge in [0.25, 0.3) is 0 Å². The normalized spacial score (nSPS) is 20.5. The van der Waals surface area contributed by atoms with Crippen molar-refractivity contribution in [2.24, 2.45) is 5.73 Å². The molecule has 2 heteroatoms. The van der Waals surface area contributed by atoms with Gasteiger partial charge in [-0.2, -0.15) is 0 Å². The van der Waals surface area contributed by atoms with Crippen molar-refractivity contribution in [2.45, 2.75) is 18.4 Å². The molecule has 1 heterocycles. The molecule has 2 nitrogen and oxygen atoms in total. The summed E-state index contributed by atoms with van der Waals surface area (Å²) in [4.78, 5) is 3.93. The number of hydrogen-bond donors (Lipinski definition) is 1. The van der Waals surface area contributed by atoms with Crippen molar-refractivity contribution in [1.82, 2.24) is 4.98 Å². The van der Waals surface area contributed by atoms with Gasteiger partial charge in [0.1, 0.15) is 0 Å². The summed E-state index contributed by atoms with van der Waals surface area (Å²) in [5.74, 6) is 0. The van der Waals surface area contributed by atoms with E-state index in [1.165, 1.54) is 5.56 Å². The SMILES string of the molecule is NC1(c2ccncc2)CC1. The highest BCUT2D eigenvalue weighted by atomic mass is 14.8. The van der Waals surface area contributed by atoms with E-state index in [1.807, 2.05) is 12.1 Å². The van der Waals surface area contributed by atoms with Gasteiger partial charge in [-0.3, -0.25) is 4.98 Å². The van der Waals surface area contributed by atoms with Gasteiger partial charge in [0.2, 0.25) is 0 Å². The van der Waals surface area contributed by atoms with E-state index in [0.717, 1.165) is 12.8 Å². The summed E-state index contributed by atoms with van der Waals surface area (Å²) in [5, 5.41) is 0. The lowest BCUT2D eigenvalue weighted by atomic mass is 10.1. The molecule has 1 aromatic heterocycles. The van der Waals surface area contributed by atoms with Gasteiger partial charge in [0, 0.05) is 17.9 Å². The zero-order valence-corrected chi connectivity index (χ0v) is 5.75. The quantitative estimate of drug-likeness (QED) is 0.623. The van der Waals surface area contributed by atoms with E-state index in [9.17, 15) is 0 Å². The highest BCUT2D eigenvalue weighted by molar-refractivity contribution is 5.26. The van der Waals surface area contributed by atoms with Crippen LogP contribution in [-0.2, 0) is 5.54 Å². The number of hydrogen-bond acceptors (Lipinski definition) is 2. The Morgan fingerprint density at radius 1 is 1.30 bits per heavy atom. The molecule has 1 aromatic rings. The number of rotatable bonds is 1. The van der Waals surface area contributed by atoms with E-state index in [0.29, 0.717) is 0 Å². The van der Waals surface area contributed by atoms with Gasteiger partial charge in [0.05, 0.1) is 0 Å². The Morgan fingerprint density at radius 3 is 2.40 bits per heavy atom. The van der Waals surface area contributed by atoms with E-state index in [4.69, 9.17) is 5.73 Å². The van der Waals surface area contributed by atoms with Gasteiger partial charge in [-0.25, -0.2) is 0 Å². The average molecular weight is 134 g/mol. The standard InChI is InChI=1S/C8H10N2/c9-8(3-4-8)7-1-5-10-6-2-7/h1-2,5-6H,3-4,9H2. The third-order valence-corrected chi connectivity index (χ3v) is 2.04. The molecule has 0 aromatic carbocycles. The van der Waals surface area contributed by atoms with Crippen molar-refractivity contribution in [3.05, 3.63) is 30.1 Å². The first-order valence-corrected chi connectivity index (χ1v) is 3.51. The molecule has 0 atom stereocenters. The molecule has 1 fully saturated rings. The van der Waals surface area contributed by atoms with Crippen LogP contribution in [0, 0.1) is 0 Å². The zero-order chi connectivity index (χ0) is 7.03. The Labute approximate surface area is 60.1 Å². The van der Waals surface area contributed by atoms with Gasteiger partial charge >= 0.3 is 0 Å². The number of nitrogens with two attached hydrogens (primary N) is 1. The first-order valence-electron chi connectivity index (χ1n) is 3.51. The Morgan fingerprint density at radius 2 is 1.90 bits per heavy atom. The second-order valence-electron chi connectivity index (χ2n) is 2.89. The summed E-state index contributed by atoms with van der Waals surface area (Å²) in [7, 11) is 0. The third kappa shape index (κ3) is 0.809. The lowest BCUT2D eigenvalue weighted by Crippen LogP contribution is -2.18. The minimum Gasteiger partial charge on any atom is -0.321 e. The molecule has 0 spiro atoms. The smallest absolute Gasteiger partial charge is 0.0412 e. The Kier molecular flexibility index (Phi) is 1.05. The first kappa shape index (κ1) is 5.86. The van der Waals surface area contributed by atoms with Crippen molar-refractivity contribution in [3.63, 3.8) is 0 Å². The van der Waals surface area contributed by atoms with Crippen LogP contribution in [0.1, 0.15) is 18.4 Å². The van der Waals surface area contributed by atoms with E-state index in [2.05, 4.69) is 4.98 Å². The van der Waals surface area contributed by atoms with Crippen molar-refractivity contribution < 1.29 is 0 Å². The van der Waals surface area contributed by atoms with Gasteiger partial charge in [-0.05, 0) is 30.5 Å². The van der Waals surface area contributed by atoms with Crippen LogP contribution >= 0.6 is 0 Å². The number of aromatic nitrogens is 1. The largest absolute Gasteiger partial charge is 0.321 e. The summed E-state index contributed by atoms with van der Waals surface area (Å²) in [6.07, 6.45) is 5.83. The van der Waals surface area contributed by atoms with Crippen LogP contribution in [0.5, 0.6) is 0 Å². The van der Waals surface area contributed by atoms with E-state index < -0.39 is 0 Å². The third-order valence-electron chi connectivity index (χ3n) is 2.04. The molecule has 1 saturated carbocycles. The number of pyridine rings is 1. The molecule has 1 aliphatic carbocycles. The lowest BCUT2D eigenvalue weighted by Gasteiger charge is -2.06. The maximum atomic E-state index is 5.94. The minimum absolute atomic E-state index is 0.00292. The lowest BCUT2D eigenvalue weighted by molar-refractivity contribution is 0.738. The second kappa shape index (κ2) is 1.80. The molecule has 2 rings (SSSR count). The van der Waals surface area contributed by atoms with Crippen LogP contribution in [-0.4, -0.2) is 4.98 Å². The first-order chi connectivity index (χ1) is 4.81. The fourth-order valence-electron chi connectivity index (χ4n) is 1.11. The highest BCUT2D eigenvalue weighted by Crippen LogP contribution is 2.41. The monoisotopic (exact) mass is 134 g/mol. The molecule has 0 aliphatic heterocycles. The molecule has 2 N–H and O–H groups in total. The fourth-order valence-corrected chi connectivity index (χ4v) is 1.11. The summed E-state index contributed by atoms with van der Waals surface area (Å²) in [6.45, 7) is 0. The van der Waals surface area contributed by atoms with Crippen molar-refractivity contribution in [2.75, 3.05) is 0 Å². The molecule has 0 amide bonds. The van der Waals surface area contributed by atoms with E-state index in [1.54, 1.807) is 12.4 Å². The van der Waals surface area contributed by atoms with Gasteiger partial charge in [-0.15, -0.1) is 0 Å². The maximum Gasteiger partial charge on any atom is 0.0412 e. The molecule has 1 aliphatic rings. The predicted octanol–water partition coefficient (Wildman–Crippen LogP) is 1.03. The molecule has 0 unspecified atom stereocenters. The Balaban J connectivity index is 2.35. The van der Waals surface area contributed by atoms with Crippen molar-refractivity contribution in [1.29, 1.82) is 0 Å². The predicted molar refractivity (Wildman–Crippen MR) is 39.3 cm³/mol. The molecule has 0 bridgehead atoms. The van der Waals surface area contributed by atoms with Crippen LogP contribution in [0.4, 0.5) is 0 Å². The maximum absolute atomic E-state index is 5.94. The van der Waals surface area contributed by atoms with E-state index in [-0.39, 0.29) is 5.54 Å². The number of nitrogens with zero attached hydrogens (tertiary/aromatic N) is 1. The Bertz CT molecular complexity index is 226. The van der Waals surface area contributed by atoms with Crippen molar-refractivity contribution in [3.8, 4) is 0 Å². The second-order valence-corrected chi connectivity index (χ2v) is 2.89. The summed E-state index contributed by atoms with van der Waals surface area (Å²) in [5.41, 5.74) is 7.17. The van der Waals surface area contributed by atoms with E-state index >= 15 is 0 Å². The van der Waals surface area contributed by atoms with Gasteiger partial charge in [-0.1, -0.05) is 0 Å². The topological polar surface area (TPSA) is 38.9 Å². The van der Waals surface area contributed by atoms with Crippen LogP contribution in [0.15, 0.2) is 24.5 Å². The summed E-state index contributed by atoms with van der Waals surface area (Å²) < 4.78 is 0. The average Bonchev–Trinajstić information content (AvgIpc) is 2.72. The molecule has 10 heavy (non-hydrogen) atoms. The van der Waals surface area contributed by atoms with Crippen molar-refractivity contribution >= 4 is 0 Å². The van der Waals surface area contributed by atoms with Crippen LogP contribution in [0.3, 0.4) is 0 Å². The fraction of sp³-hybridized carbons (Fsp3) is 0.375. The minimum atomic E-state index is 0.00292. The Hall–Kier alpha value is -0.890. The van der Waals surface area contributed by atoms with Crippen LogP contribution in [0.25, 0.3) is 0 Å². The highest BCUT2D eigenvalue weighted by Gasteiger charge is 2.39. The van der Waals surface area contributed by atoms with Gasteiger partial charge < -0.3 is 5.73 Å². The zero-order valence-electron chi connectivity index (χ0n) is 5.75. The molecule has 0 saturated heterocycles.